The van der Waals surface area contributed by atoms with Gasteiger partial charge in [0.1, 0.15) is 0 Å². The van der Waals surface area contributed by atoms with E-state index in [0.717, 1.165) is 12.1 Å². The summed E-state index contributed by atoms with van der Waals surface area (Å²) in [5, 5.41) is 10.7. The summed E-state index contributed by atoms with van der Waals surface area (Å²) in [5.41, 5.74) is -0.413. The van der Waals surface area contributed by atoms with Gasteiger partial charge in [-0.25, -0.2) is 8.42 Å². The second-order valence-electron chi connectivity index (χ2n) is 3.25. The zero-order valence-electron chi connectivity index (χ0n) is 9.12. The van der Waals surface area contributed by atoms with Gasteiger partial charge in [-0.3, -0.25) is 14.9 Å². The minimum atomic E-state index is -4.21. The van der Waals surface area contributed by atoms with Gasteiger partial charge in [-0.15, -0.1) is 0 Å². The Balaban J connectivity index is 3.28. The highest BCUT2D eigenvalue weighted by atomic mass is 35.7. The molecule has 1 aromatic rings. The summed E-state index contributed by atoms with van der Waals surface area (Å²) in [6.07, 6.45) is -0.194. The Morgan fingerprint density at radius 3 is 2.56 bits per heavy atom. The molecule has 9 heteroatoms. The molecule has 0 saturated heterocycles. The zero-order valence-corrected chi connectivity index (χ0v) is 10.7. The van der Waals surface area contributed by atoms with Crippen LogP contribution in [-0.4, -0.2) is 26.4 Å². The fraction of sp³-hybridized carbons (Fsp3) is 0.222. The molecular formula is C9H8ClNO6S. The third-order valence-corrected chi connectivity index (χ3v) is 3.43. The Labute approximate surface area is 107 Å². The molecule has 0 radical (unpaired) electrons. The Bertz CT molecular complexity index is 597. The van der Waals surface area contributed by atoms with Crippen LogP contribution in [0.15, 0.2) is 23.1 Å². The van der Waals surface area contributed by atoms with Crippen LogP contribution in [-0.2, 0) is 25.0 Å². The minimum Gasteiger partial charge on any atom is -0.469 e. The van der Waals surface area contributed by atoms with Crippen LogP contribution >= 0.6 is 10.7 Å². The molecule has 0 bridgehead atoms. The van der Waals surface area contributed by atoms with Gasteiger partial charge in [0.2, 0.25) is 0 Å². The van der Waals surface area contributed by atoms with Gasteiger partial charge in [0.15, 0.2) is 4.90 Å². The van der Waals surface area contributed by atoms with Crippen LogP contribution in [0.1, 0.15) is 5.56 Å². The van der Waals surface area contributed by atoms with E-state index in [1.54, 1.807) is 0 Å². The molecule has 0 unspecified atom stereocenters. The van der Waals surface area contributed by atoms with E-state index in [0.29, 0.717) is 0 Å². The molecule has 0 aromatic heterocycles. The Morgan fingerprint density at radius 2 is 2.11 bits per heavy atom. The number of halogens is 1. The number of hydrogen-bond acceptors (Lipinski definition) is 6. The second kappa shape index (κ2) is 5.32. The molecule has 18 heavy (non-hydrogen) atoms. The normalized spacial score (nSPS) is 11.0. The van der Waals surface area contributed by atoms with Crippen LogP contribution in [0.2, 0.25) is 0 Å². The number of esters is 1. The summed E-state index contributed by atoms with van der Waals surface area (Å²) in [7, 11) is 2.03. The van der Waals surface area contributed by atoms with Gasteiger partial charge in [-0.2, -0.15) is 0 Å². The number of rotatable bonds is 4. The van der Waals surface area contributed by atoms with Crippen LogP contribution in [0.25, 0.3) is 0 Å². The van der Waals surface area contributed by atoms with Gasteiger partial charge in [0.05, 0.1) is 18.5 Å². The standard InChI is InChI=1S/C9H8ClNO6S/c1-17-9(12)5-6-2-3-8(18(10,15)16)7(4-6)11(13)14/h2-4H,5H2,1H3. The first-order valence-electron chi connectivity index (χ1n) is 4.54. The van der Waals surface area contributed by atoms with Crippen molar-refractivity contribution in [2.45, 2.75) is 11.3 Å². The number of carbonyl (C=O) groups excluding carboxylic acids is 1. The average molecular weight is 294 g/mol. The van der Waals surface area contributed by atoms with Gasteiger partial charge in [-0.05, 0) is 11.6 Å². The lowest BCUT2D eigenvalue weighted by Gasteiger charge is -2.03. The highest BCUT2D eigenvalue weighted by Gasteiger charge is 2.24. The zero-order chi connectivity index (χ0) is 13.9. The molecule has 1 aromatic carbocycles. The maximum absolute atomic E-state index is 11.1. The molecule has 0 fully saturated rings. The Kier molecular flexibility index (Phi) is 4.25. The van der Waals surface area contributed by atoms with Crippen molar-refractivity contribution in [3.05, 3.63) is 33.9 Å². The fourth-order valence-electron chi connectivity index (χ4n) is 1.26. The van der Waals surface area contributed by atoms with Crippen LogP contribution in [0, 0.1) is 10.1 Å². The quantitative estimate of drug-likeness (QED) is 0.358. The lowest BCUT2D eigenvalue weighted by molar-refractivity contribution is -0.387. The van der Waals surface area contributed by atoms with Crippen molar-refractivity contribution in [2.75, 3.05) is 7.11 Å². The number of nitro groups is 1. The molecule has 98 valence electrons. The first kappa shape index (κ1) is 14.4. The smallest absolute Gasteiger partial charge is 0.309 e. The number of hydrogen-bond donors (Lipinski definition) is 0. The predicted octanol–water partition coefficient (Wildman–Crippen LogP) is 1.24. The lowest BCUT2D eigenvalue weighted by Crippen LogP contribution is -2.06. The van der Waals surface area contributed by atoms with E-state index >= 15 is 0 Å². The molecule has 0 spiro atoms. The van der Waals surface area contributed by atoms with Crippen molar-refractivity contribution in [2.24, 2.45) is 0 Å². The van der Waals surface area contributed by atoms with Crippen LogP contribution in [0.4, 0.5) is 5.69 Å². The summed E-state index contributed by atoms with van der Waals surface area (Å²) < 4.78 is 26.6. The van der Waals surface area contributed by atoms with Gasteiger partial charge < -0.3 is 4.74 Å². The van der Waals surface area contributed by atoms with E-state index in [1.807, 2.05) is 0 Å². The number of nitro benzene ring substituents is 1. The SMILES string of the molecule is COC(=O)Cc1ccc(S(=O)(=O)Cl)c([N+](=O)[O-])c1. The number of ether oxygens (including phenoxy) is 1. The molecule has 0 aliphatic rings. The molecule has 0 heterocycles. The van der Waals surface area contributed by atoms with Crippen molar-refractivity contribution in [1.82, 2.24) is 0 Å². The van der Waals surface area contributed by atoms with Crippen molar-refractivity contribution in [1.29, 1.82) is 0 Å². The molecule has 0 saturated carbocycles. The summed E-state index contributed by atoms with van der Waals surface area (Å²) in [4.78, 5) is 20.3. The molecule has 0 aliphatic carbocycles. The van der Waals surface area contributed by atoms with E-state index in [4.69, 9.17) is 10.7 Å². The monoisotopic (exact) mass is 293 g/mol. The van der Waals surface area contributed by atoms with Crippen LogP contribution in [0.5, 0.6) is 0 Å². The van der Waals surface area contributed by atoms with Crippen molar-refractivity contribution in [3.8, 4) is 0 Å². The van der Waals surface area contributed by atoms with Crippen molar-refractivity contribution in [3.63, 3.8) is 0 Å². The molecular weight excluding hydrogens is 286 g/mol. The summed E-state index contributed by atoms with van der Waals surface area (Å²) in [6, 6.07) is 3.23. The average Bonchev–Trinajstić information content (AvgIpc) is 2.27. The second-order valence-corrected chi connectivity index (χ2v) is 5.78. The summed E-state index contributed by atoms with van der Waals surface area (Å²) >= 11 is 0. The summed E-state index contributed by atoms with van der Waals surface area (Å²) in [5.74, 6) is -0.592. The maximum Gasteiger partial charge on any atom is 0.309 e. The minimum absolute atomic E-state index is 0.194. The number of nitrogens with zero attached hydrogens (tertiary/aromatic N) is 1. The molecule has 1 rings (SSSR count). The first-order chi connectivity index (χ1) is 8.25. The lowest BCUT2D eigenvalue weighted by atomic mass is 10.1. The highest BCUT2D eigenvalue weighted by Crippen LogP contribution is 2.27. The van der Waals surface area contributed by atoms with Gasteiger partial charge >= 0.3 is 5.97 Å². The van der Waals surface area contributed by atoms with Gasteiger partial charge in [0.25, 0.3) is 14.7 Å². The Hall–Kier alpha value is -1.67. The number of benzene rings is 1. The molecule has 7 nitrogen and oxygen atoms in total. The van der Waals surface area contributed by atoms with E-state index in [9.17, 15) is 23.3 Å². The first-order valence-corrected chi connectivity index (χ1v) is 6.85. The van der Waals surface area contributed by atoms with Crippen molar-refractivity contribution < 1.29 is 22.9 Å². The molecule has 0 amide bonds. The van der Waals surface area contributed by atoms with E-state index in [2.05, 4.69) is 4.74 Å². The number of methoxy groups -OCH3 is 1. The van der Waals surface area contributed by atoms with Gasteiger partial charge in [-0.1, -0.05) is 6.07 Å². The fourth-order valence-corrected chi connectivity index (χ4v) is 2.27. The Morgan fingerprint density at radius 1 is 1.50 bits per heavy atom. The highest BCUT2D eigenvalue weighted by molar-refractivity contribution is 8.13. The summed E-state index contributed by atoms with van der Waals surface area (Å²) in [6.45, 7) is 0. The third kappa shape index (κ3) is 3.41. The van der Waals surface area contributed by atoms with Crippen molar-refractivity contribution >= 4 is 31.4 Å². The third-order valence-electron chi connectivity index (χ3n) is 2.06. The molecule has 0 atom stereocenters. The maximum atomic E-state index is 11.1. The topological polar surface area (TPSA) is 104 Å². The van der Waals surface area contributed by atoms with E-state index in [1.165, 1.54) is 13.2 Å². The predicted molar refractivity (Wildman–Crippen MR) is 61.9 cm³/mol. The van der Waals surface area contributed by atoms with E-state index in [-0.39, 0.29) is 12.0 Å². The molecule has 0 aliphatic heterocycles. The number of carbonyl (C=O) groups is 1. The van der Waals surface area contributed by atoms with Crippen LogP contribution < -0.4 is 0 Å². The molecule has 0 N–H and O–H groups in total. The largest absolute Gasteiger partial charge is 0.469 e. The van der Waals surface area contributed by atoms with Crippen LogP contribution in [0.3, 0.4) is 0 Å². The van der Waals surface area contributed by atoms with E-state index < -0.39 is 30.5 Å². The van der Waals surface area contributed by atoms with Gasteiger partial charge in [0, 0.05) is 16.7 Å².